The van der Waals surface area contributed by atoms with E-state index in [-0.39, 0.29) is 0 Å². The zero-order valence-electron chi connectivity index (χ0n) is 23.0. The molecule has 0 aliphatic heterocycles. The van der Waals surface area contributed by atoms with Crippen LogP contribution in [0.3, 0.4) is 0 Å². The van der Waals surface area contributed by atoms with E-state index in [1.54, 1.807) is 21.3 Å². The summed E-state index contributed by atoms with van der Waals surface area (Å²) in [5, 5.41) is 0. The van der Waals surface area contributed by atoms with E-state index < -0.39 is 0 Å². The van der Waals surface area contributed by atoms with Crippen molar-refractivity contribution in [2.45, 2.75) is 19.8 Å². The molecule has 0 heterocycles. The monoisotopic (exact) mass is 670 g/mol. The Balaban J connectivity index is -0.0000000575. The van der Waals surface area contributed by atoms with Gasteiger partial charge in [0.15, 0.2) is 0 Å². The molecule has 0 amide bonds. The molecule has 1 aromatic rings. The number of benzene rings is 1. The Morgan fingerprint density at radius 1 is 0.558 bits per heavy atom. The molecule has 0 bridgehead atoms. The summed E-state index contributed by atoms with van der Waals surface area (Å²) < 4.78 is 92.4. The van der Waals surface area contributed by atoms with E-state index in [4.69, 9.17) is 60.7 Å². The second kappa shape index (κ2) is 83.3. The van der Waals surface area contributed by atoms with E-state index in [2.05, 4.69) is 129 Å². The molecule has 1 rings (SSSR count). The normalized spacial score (nSPS) is 6.51. The van der Waals surface area contributed by atoms with Crippen LogP contribution in [-0.4, -0.2) is 30.5 Å². The number of methoxy groups -OCH3 is 3. The molecule has 0 radical (unpaired) electrons. The van der Waals surface area contributed by atoms with Crippen LogP contribution in [0.5, 0.6) is 5.75 Å². The third-order valence-corrected chi connectivity index (χ3v) is 4.12. The fraction of sp³-hybridized carbons (Fsp3) is 0.214. The zero-order chi connectivity index (χ0) is 37.2. The third kappa shape index (κ3) is 55.2. The summed E-state index contributed by atoms with van der Waals surface area (Å²) in [5.41, 5.74) is 3.54. The second-order valence-electron chi connectivity index (χ2n) is 4.88. The van der Waals surface area contributed by atoms with Gasteiger partial charge in [0.25, 0.3) is 0 Å². The first-order valence-corrected chi connectivity index (χ1v) is 10.5. The Labute approximate surface area is 267 Å². The van der Waals surface area contributed by atoms with Crippen molar-refractivity contribution in [3.05, 3.63) is 120 Å². The predicted molar refractivity (Wildman–Crippen MR) is 127 cm³/mol. The van der Waals surface area contributed by atoms with Crippen molar-refractivity contribution in [1.29, 1.82) is 0 Å². The summed E-state index contributed by atoms with van der Waals surface area (Å²) in [6.45, 7) is 47.1. The first-order valence-electron chi connectivity index (χ1n) is 9.21. The van der Waals surface area contributed by atoms with E-state index in [9.17, 15) is 0 Å². The summed E-state index contributed by atoms with van der Waals surface area (Å²) in [4.78, 5) is 0. The van der Waals surface area contributed by atoms with Crippen molar-refractivity contribution in [1.82, 2.24) is 0 Å². The van der Waals surface area contributed by atoms with Crippen molar-refractivity contribution in [2.24, 2.45) is 0 Å². The van der Waals surface area contributed by atoms with E-state index in [0.717, 1.165) is 38.9 Å². The molecule has 0 aliphatic rings. The summed E-state index contributed by atoms with van der Waals surface area (Å²) in [5.74, 6) is 0.933. The number of rotatable bonds is 9. The number of allylic oxidation sites excluding steroid dienone is 2. The molecule has 0 aliphatic carbocycles. The van der Waals surface area contributed by atoms with Gasteiger partial charge in [-0.2, -0.15) is 0 Å². The van der Waals surface area contributed by atoms with Crippen LogP contribution in [0.1, 0.15) is 16.7 Å². The van der Waals surface area contributed by atoms with Crippen LogP contribution in [0.2, 0.25) is 0 Å². The number of ether oxygens (including phenoxy) is 3. The van der Waals surface area contributed by atoms with Crippen LogP contribution in [0.15, 0.2) is 36.4 Å². The van der Waals surface area contributed by atoms with Gasteiger partial charge >= 0.3 is 268 Å². The average Bonchev–Trinajstić information content (AvgIpc) is 3.13. The Kier molecular flexibility index (Phi) is 130. The van der Waals surface area contributed by atoms with Crippen molar-refractivity contribution < 1.29 is 92.4 Å². The van der Waals surface area contributed by atoms with Crippen LogP contribution in [0.4, 0.5) is 0 Å². The van der Waals surface area contributed by atoms with Gasteiger partial charge in [-0.15, -0.1) is 0 Å². The first kappa shape index (κ1) is 67.4. The fourth-order valence-corrected chi connectivity index (χ4v) is 2.49. The van der Waals surface area contributed by atoms with E-state index in [1.807, 2.05) is 12.2 Å². The van der Waals surface area contributed by atoms with Gasteiger partial charge in [-0.3, -0.25) is 0 Å². The maximum atomic E-state index is 7.50. The Morgan fingerprint density at radius 3 is 0.977 bits per heavy atom. The van der Waals surface area contributed by atoms with Gasteiger partial charge in [0.1, 0.15) is 0 Å². The molecule has 0 atom stereocenters. The summed E-state index contributed by atoms with van der Waals surface area (Å²) in [6, 6.07) is 4.31. The van der Waals surface area contributed by atoms with Crippen molar-refractivity contribution in [3.8, 4) is 5.75 Å². The molecule has 0 saturated carbocycles. The zero-order valence-corrected chi connectivity index (χ0v) is 25.6. The maximum absolute atomic E-state index is 7.50. The third-order valence-electron chi connectivity index (χ3n) is 3.18. The Morgan fingerprint density at radius 2 is 0.791 bits per heavy atom. The quantitative estimate of drug-likeness (QED) is 0.285. The Bertz CT molecular complexity index is 902. The molecule has 0 fully saturated rings. The number of aryl methyl sites for hydroxylation is 1. The summed E-state index contributed by atoms with van der Waals surface area (Å²) in [6.07, 6.45) is 9.54. The van der Waals surface area contributed by atoms with Gasteiger partial charge in [0.2, 0.25) is 0 Å². The Hall–Kier alpha value is -3.38. The van der Waals surface area contributed by atoms with Gasteiger partial charge in [-0.25, -0.2) is 0 Å². The molecule has 0 unspecified atom stereocenters. The molecule has 224 valence electrons. The van der Waals surface area contributed by atoms with Crippen LogP contribution >= 0.6 is 0 Å². The topological polar surface area (TPSA) is 227 Å². The molecule has 0 saturated heterocycles. The fourth-order valence-electron chi connectivity index (χ4n) is 2.19. The van der Waals surface area contributed by atoms with Gasteiger partial charge in [0, 0.05) is 0 Å². The first-order chi connectivity index (χ1) is 21.0. The number of hydrogen-bond donors (Lipinski definition) is 0. The van der Waals surface area contributed by atoms with Crippen LogP contribution in [0.25, 0.3) is 0 Å². The minimum absolute atomic E-state index is 0.765. The van der Waals surface area contributed by atoms with Gasteiger partial charge in [-0.1, -0.05) is 0 Å². The molecule has 43 heavy (non-hydrogen) atoms. The van der Waals surface area contributed by atoms with Crippen LogP contribution in [-0.2, 0) is 101 Å². The average molecular weight is 670 g/mol. The van der Waals surface area contributed by atoms with E-state index in [0.29, 0.717) is 0 Å². The van der Waals surface area contributed by atoms with Crippen molar-refractivity contribution in [3.63, 3.8) is 0 Å². The SMILES string of the molecule is CO[C](=[Cr])/C=C/Cc1cc(C)cc(C/C=C/[C](=[Cr])OC)c1OC.[C-]#[O+].[C-]#[O+].[C-]#[O+].[C-]#[O+].[C-]#[O+].[C-]#[O+].[C-]#[O+].[C-]#[O+].[C-]#[O+].[C-]#[O+]. The van der Waals surface area contributed by atoms with Crippen LogP contribution in [0, 0.1) is 73.4 Å². The second-order valence-corrected chi connectivity index (χ2v) is 6.13. The standard InChI is InChI=1S/C18H22O3.10CO.2Cr/c1-15-13-16(9-5-7-11-19-2)18(21-4)17(14-15)10-6-8-12-20-3;10*1-2;;/h5-8,13-14H,9-10H2,1-4H3;;;;;;;;;;;;/b7-5+,8-6+;;;;;;;;;;;;. The molecular formula is C28H22Cr2O13. The summed E-state index contributed by atoms with van der Waals surface area (Å²) >= 11 is 5.72. The summed E-state index contributed by atoms with van der Waals surface area (Å²) in [7, 11) is 5.00. The minimum atomic E-state index is 0.765. The predicted octanol–water partition coefficient (Wildman–Crippen LogP) is 2.47. The number of hydrogen-bond acceptors (Lipinski definition) is 3. The van der Waals surface area contributed by atoms with Crippen molar-refractivity contribution >= 4 is 9.13 Å². The molecule has 0 aromatic heterocycles. The molecule has 13 nitrogen and oxygen atoms in total. The van der Waals surface area contributed by atoms with Crippen molar-refractivity contribution in [2.75, 3.05) is 21.3 Å². The van der Waals surface area contributed by atoms with Gasteiger partial charge in [0.05, 0.1) is 0 Å². The molecular weight excluding hydrogens is 648 g/mol. The van der Waals surface area contributed by atoms with E-state index >= 15 is 0 Å². The van der Waals surface area contributed by atoms with Gasteiger partial charge < -0.3 is 0 Å². The molecule has 15 heteroatoms. The van der Waals surface area contributed by atoms with Crippen LogP contribution < -0.4 is 4.74 Å². The molecule has 0 N–H and O–H groups in total. The molecule has 0 spiro atoms. The molecule has 1 aromatic carbocycles. The van der Waals surface area contributed by atoms with E-state index in [1.165, 1.54) is 5.56 Å². The van der Waals surface area contributed by atoms with Gasteiger partial charge in [-0.05, 0) is 0 Å².